The molecular weight excluding hydrogens is 288 g/mol. The molecule has 1 aliphatic carbocycles. The van der Waals surface area contributed by atoms with Crippen molar-refractivity contribution in [2.24, 2.45) is 23.5 Å². The van der Waals surface area contributed by atoms with E-state index in [4.69, 9.17) is 5.73 Å². The van der Waals surface area contributed by atoms with Crippen LogP contribution in [0.3, 0.4) is 0 Å². The minimum Gasteiger partial charge on any atom is -0.330 e. The molecule has 2 N–H and O–H groups in total. The van der Waals surface area contributed by atoms with E-state index in [0.29, 0.717) is 37.8 Å². The van der Waals surface area contributed by atoms with Gasteiger partial charge >= 0.3 is 0 Å². The van der Waals surface area contributed by atoms with Gasteiger partial charge in [-0.25, -0.2) is 12.7 Å². The molecule has 1 heterocycles. The predicted octanol–water partition coefficient (Wildman–Crippen LogP) is 1.38. The summed E-state index contributed by atoms with van der Waals surface area (Å²) in [6.45, 7) is 1.69. The van der Waals surface area contributed by atoms with Gasteiger partial charge in [0.05, 0.1) is 6.26 Å². The van der Waals surface area contributed by atoms with Crippen molar-refractivity contribution >= 4 is 15.8 Å². The number of rotatable bonds is 5. The van der Waals surface area contributed by atoms with Gasteiger partial charge in [-0.15, -0.1) is 0 Å². The number of hydrogen-bond acceptors (Lipinski definition) is 4. The Labute approximate surface area is 128 Å². The van der Waals surface area contributed by atoms with E-state index in [1.54, 1.807) is 0 Å². The molecule has 1 saturated carbocycles. The van der Waals surface area contributed by atoms with E-state index in [0.717, 1.165) is 32.1 Å². The van der Waals surface area contributed by atoms with Crippen LogP contribution in [-0.2, 0) is 14.8 Å². The number of sulfonamides is 1. The number of hydrogen-bond donors (Lipinski definition) is 1. The van der Waals surface area contributed by atoms with Gasteiger partial charge in [0.25, 0.3) is 0 Å². The zero-order valence-corrected chi connectivity index (χ0v) is 13.8. The van der Waals surface area contributed by atoms with Gasteiger partial charge in [0.2, 0.25) is 10.0 Å². The van der Waals surface area contributed by atoms with E-state index in [1.165, 1.54) is 17.0 Å². The first-order valence-corrected chi connectivity index (χ1v) is 9.94. The largest absolute Gasteiger partial charge is 0.330 e. The summed E-state index contributed by atoms with van der Waals surface area (Å²) in [6.07, 6.45) is 7.91. The van der Waals surface area contributed by atoms with Crippen LogP contribution in [0.25, 0.3) is 0 Å². The van der Waals surface area contributed by atoms with Crippen LogP contribution in [0, 0.1) is 17.8 Å². The molecule has 3 unspecified atom stereocenters. The summed E-state index contributed by atoms with van der Waals surface area (Å²) in [5, 5.41) is 0. The molecule has 0 spiro atoms. The Hall–Kier alpha value is -0.460. The lowest BCUT2D eigenvalue weighted by atomic mass is 9.74. The number of carbonyl (C=O) groups is 1. The van der Waals surface area contributed by atoms with Gasteiger partial charge in [-0.3, -0.25) is 4.79 Å². The Morgan fingerprint density at radius 2 is 1.90 bits per heavy atom. The monoisotopic (exact) mass is 316 g/mol. The lowest BCUT2D eigenvalue weighted by Crippen LogP contribution is -2.41. The number of ketones is 1. The van der Waals surface area contributed by atoms with Gasteiger partial charge < -0.3 is 5.73 Å². The van der Waals surface area contributed by atoms with Gasteiger partial charge in [0, 0.05) is 25.4 Å². The second-order valence-corrected chi connectivity index (χ2v) is 8.67. The second kappa shape index (κ2) is 7.20. The van der Waals surface area contributed by atoms with Gasteiger partial charge in [0.15, 0.2) is 0 Å². The van der Waals surface area contributed by atoms with Crippen molar-refractivity contribution < 1.29 is 13.2 Å². The molecule has 1 saturated heterocycles. The third-order valence-corrected chi connectivity index (χ3v) is 6.34. The minimum atomic E-state index is -3.13. The smallest absolute Gasteiger partial charge is 0.211 e. The van der Waals surface area contributed by atoms with Crippen LogP contribution in [0.1, 0.15) is 44.9 Å². The number of nitrogens with two attached hydrogens (primary N) is 1. The van der Waals surface area contributed by atoms with Crippen LogP contribution in [0.2, 0.25) is 0 Å². The van der Waals surface area contributed by atoms with Crippen molar-refractivity contribution in [2.45, 2.75) is 44.9 Å². The molecule has 3 atom stereocenters. The van der Waals surface area contributed by atoms with Crippen molar-refractivity contribution in [3.8, 4) is 0 Å². The summed E-state index contributed by atoms with van der Waals surface area (Å²) < 4.78 is 24.8. The van der Waals surface area contributed by atoms with Crippen LogP contribution in [0.4, 0.5) is 0 Å². The van der Waals surface area contributed by atoms with Crippen LogP contribution in [0.15, 0.2) is 0 Å². The highest BCUT2D eigenvalue weighted by Crippen LogP contribution is 2.32. The average molecular weight is 316 g/mol. The third kappa shape index (κ3) is 4.50. The fraction of sp³-hybridized carbons (Fsp3) is 0.933. The lowest BCUT2D eigenvalue weighted by molar-refractivity contribution is -0.126. The molecule has 0 aromatic rings. The Balaban J connectivity index is 1.92. The fourth-order valence-corrected chi connectivity index (χ4v) is 4.79. The molecule has 2 fully saturated rings. The zero-order valence-electron chi connectivity index (χ0n) is 13.0. The molecule has 0 aromatic heterocycles. The molecule has 5 nitrogen and oxygen atoms in total. The molecule has 0 aromatic carbocycles. The zero-order chi connectivity index (χ0) is 15.5. The second-order valence-electron chi connectivity index (χ2n) is 6.69. The maximum Gasteiger partial charge on any atom is 0.211 e. The molecule has 6 heteroatoms. The quantitative estimate of drug-likeness (QED) is 0.831. The van der Waals surface area contributed by atoms with Gasteiger partial charge in [0.1, 0.15) is 5.78 Å². The van der Waals surface area contributed by atoms with Crippen molar-refractivity contribution in [1.82, 2.24) is 4.31 Å². The Morgan fingerprint density at radius 1 is 1.19 bits per heavy atom. The first kappa shape index (κ1) is 16.9. The van der Waals surface area contributed by atoms with E-state index in [2.05, 4.69) is 0 Å². The lowest BCUT2D eigenvalue weighted by Gasteiger charge is -2.33. The highest BCUT2D eigenvalue weighted by Gasteiger charge is 2.33. The number of Topliss-reactive ketones (excluding diaryl/α,β-unsaturated/α-hetero) is 1. The first-order valence-electron chi connectivity index (χ1n) is 8.09. The molecule has 122 valence electrons. The number of nitrogens with zero attached hydrogens (tertiary/aromatic N) is 1. The Bertz CT molecular complexity index is 464. The molecular formula is C15H28N2O3S. The molecule has 21 heavy (non-hydrogen) atoms. The maximum absolute atomic E-state index is 12.6. The SMILES string of the molecule is CS(=O)(=O)N1CCCC(CC(=O)C2CCCCC2CN)C1. The highest BCUT2D eigenvalue weighted by atomic mass is 32.2. The van der Waals surface area contributed by atoms with E-state index < -0.39 is 10.0 Å². The molecule has 0 bridgehead atoms. The summed E-state index contributed by atoms with van der Waals surface area (Å²) in [4.78, 5) is 12.6. The van der Waals surface area contributed by atoms with Crippen molar-refractivity contribution in [3.05, 3.63) is 0 Å². The fourth-order valence-electron chi connectivity index (χ4n) is 3.84. The molecule has 1 aliphatic heterocycles. The normalized spacial score (nSPS) is 32.0. The molecule has 0 amide bonds. The van der Waals surface area contributed by atoms with Crippen LogP contribution < -0.4 is 5.73 Å². The van der Waals surface area contributed by atoms with Crippen LogP contribution in [0.5, 0.6) is 0 Å². The topological polar surface area (TPSA) is 80.5 Å². The Morgan fingerprint density at radius 3 is 2.57 bits per heavy atom. The highest BCUT2D eigenvalue weighted by molar-refractivity contribution is 7.88. The summed E-state index contributed by atoms with van der Waals surface area (Å²) in [5.41, 5.74) is 5.80. The predicted molar refractivity (Wildman–Crippen MR) is 83.3 cm³/mol. The van der Waals surface area contributed by atoms with Crippen molar-refractivity contribution in [2.75, 3.05) is 25.9 Å². The summed E-state index contributed by atoms with van der Waals surface area (Å²) >= 11 is 0. The first-order chi connectivity index (χ1) is 9.91. The van der Waals surface area contributed by atoms with E-state index in [1.807, 2.05) is 0 Å². The molecule has 0 radical (unpaired) electrons. The average Bonchev–Trinajstić information content (AvgIpc) is 2.46. The maximum atomic E-state index is 12.6. The summed E-state index contributed by atoms with van der Waals surface area (Å²) in [6, 6.07) is 0. The minimum absolute atomic E-state index is 0.109. The van der Waals surface area contributed by atoms with E-state index in [-0.39, 0.29) is 11.8 Å². The third-order valence-electron chi connectivity index (χ3n) is 5.07. The van der Waals surface area contributed by atoms with Crippen molar-refractivity contribution in [1.29, 1.82) is 0 Å². The Kier molecular flexibility index (Phi) is 5.80. The van der Waals surface area contributed by atoms with Crippen molar-refractivity contribution in [3.63, 3.8) is 0 Å². The molecule has 2 aliphatic rings. The number of carbonyl (C=O) groups excluding carboxylic acids is 1. The van der Waals surface area contributed by atoms with Gasteiger partial charge in [-0.2, -0.15) is 0 Å². The van der Waals surface area contributed by atoms with Gasteiger partial charge in [-0.1, -0.05) is 12.8 Å². The van der Waals surface area contributed by atoms with Crippen LogP contribution >= 0.6 is 0 Å². The van der Waals surface area contributed by atoms with E-state index in [9.17, 15) is 13.2 Å². The molecule has 2 rings (SSSR count). The summed E-state index contributed by atoms with van der Waals surface area (Å²) in [5.74, 6) is 0.935. The van der Waals surface area contributed by atoms with E-state index >= 15 is 0 Å². The van der Waals surface area contributed by atoms with Gasteiger partial charge in [-0.05, 0) is 44.1 Å². The standard InChI is InChI=1S/C15H28N2O3S/c1-21(19,20)17-8-4-5-12(11-17)9-15(18)14-7-3-2-6-13(14)10-16/h12-14H,2-11,16H2,1H3. The number of piperidine rings is 1. The van der Waals surface area contributed by atoms with Crippen LogP contribution in [-0.4, -0.2) is 44.4 Å². The summed E-state index contributed by atoms with van der Waals surface area (Å²) in [7, 11) is -3.13.